The molecule has 7 nitrogen and oxygen atoms in total. The van der Waals surface area contributed by atoms with Gasteiger partial charge in [-0.15, -0.1) is 0 Å². The molecular formula is C26H29N5O2. The van der Waals surface area contributed by atoms with E-state index in [0.29, 0.717) is 6.61 Å². The van der Waals surface area contributed by atoms with Crippen molar-refractivity contribution in [1.29, 1.82) is 0 Å². The van der Waals surface area contributed by atoms with Crippen LogP contribution in [0.1, 0.15) is 48.3 Å². The van der Waals surface area contributed by atoms with Crippen LogP contribution in [0.15, 0.2) is 54.7 Å². The maximum Gasteiger partial charge on any atom is 0.165 e. The molecule has 4 heterocycles. The first kappa shape index (κ1) is 21.6. The summed E-state index contributed by atoms with van der Waals surface area (Å²) in [6.45, 7) is 6.35. The van der Waals surface area contributed by atoms with Gasteiger partial charge in [0.1, 0.15) is 5.75 Å². The molecule has 0 spiro atoms. The number of aromatic nitrogens is 4. The van der Waals surface area contributed by atoms with Gasteiger partial charge in [0.2, 0.25) is 0 Å². The van der Waals surface area contributed by atoms with Crippen LogP contribution in [0, 0.1) is 6.92 Å². The van der Waals surface area contributed by atoms with Crippen LogP contribution in [0.2, 0.25) is 0 Å². The van der Waals surface area contributed by atoms with Crippen LogP contribution < -0.4 is 4.74 Å². The van der Waals surface area contributed by atoms with Gasteiger partial charge in [-0.2, -0.15) is 9.78 Å². The Morgan fingerprint density at radius 2 is 2.06 bits per heavy atom. The molecule has 1 saturated heterocycles. The zero-order valence-electron chi connectivity index (χ0n) is 19.1. The predicted molar refractivity (Wildman–Crippen MR) is 127 cm³/mol. The zero-order chi connectivity index (χ0) is 22.8. The van der Waals surface area contributed by atoms with Gasteiger partial charge in [-0.3, -0.25) is 4.90 Å². The topological polar surface area (TPSA) is 76.3 Å². The highest BCUT2D eigenvalue weighted by Crippen LogP contribution is 2.34. The Hall–Kier alpha value is -3.29. The Morgan fingerprint density at radius 1 is 1.15 bits per heavy atom. The number of ether oxygens (including phenoxy) is 1. The first-order chi connectivity index (χ1) is 16.2. The third-order valence-electron chi connectivity index (χ3n) is 6.29. The number of fused-ring (bicyclic) bond motifs is 1. The highest BCUT2D eigenvalue weighted by molar-refractivity contribution is 5.79. The molecule has 1 fully saturated rings. The number of aliphatic hydroxyl groups excluding tert-OH is 1. The standard InChI is InChI=1S/C26H29N5O2/c1-3-33-24-12-9-19(15-20(24)17-32)16-30-14-6-7-23(30)22-11-10-21-18(2)29-31(26(21)28-22)25-8-4-5-13-27-25/h4-5,8-13,15,23,32H,3,6-7,14,16-17H2,1-2H3/t23-/m0/s1. The first-order valence-corrected chi connectivity index (χ1v) is 11.5. The third kappa shape index (κ3) is 4.21. The molecule has 3 aromatic heterocycles. The van der Waals surface area contributed by atoms with E-state index >= 15 is 0 Å². The zero-order valence-corrected chi connectivity index (χ0v) is 19.1. The number of aliphatic hydroxyl groups is 1. The SMILES string of the molecule is CCOc1ccc(CN2CCC[C@H]2c2ccc3c(C)nn(-c4ccccn4)c3n2)cc1CO. The molecule has 4 aromatic rings. The quantitative estimate of drug-likeness (QED) is 0.458. The minimum Gasteiger partial charge on any atom is -0.494 e. The van der Waals surface area contributed by atoms with Crippen molar-refractivity contribution in [1.82, 2.24) is 24.6 Å². The van der Waals surface area contributed by atoms with Gasteiger partial charge in [-0.1, -0.05) is 12.1 Å². The molecular weight excluding hydrogens is 414 g/mol. The van der Waals surface area contributed by atoms with Gasteiger partial charge >= 0.3 is 0 Å². The van der Waals surface area contributed by atoms with E-state index in [-0.39, 0.29) is 12.6 Å². The lowest BCUT2D eigenvalue weighted by Crippen LogP contribution is -2.23. The van der Waals surface area contributed by atoms with Crippen molar-refractivity contribution < 1.29 is 9.84 Å². The molecule has 0 bridgehead atoms. The number of benzene rings is 1. The van der Waals surface area contributed by atoms with Crippen molar-refractivity contribution in [3.63, 3.8) is 0 Å². The summed E-state index contributed by atoms with van der Waals surface area (Å²) in [4.78, 5) is 12.0. The normalized spacial score (nSPS) is 16.5. The van der Waals surface area contributed by atoms with Crippen LogP contribution in [0.4, 0.5) is 0 Å². The number of rotatable bonds is 7. The summed E-state index contributed by atoms with van der Waals surface area (Å²) >= 11 is 0. The number of likely N-dealkylation sites (tertiary alicyclic amines) is 1. The van der Waals surface area contributed by atoms with Crippen molar-refractivity contribution >= 4 is 11.0 Å². The highest BCUT2D eigenvalue weighted by Gasteiger charge is 2.28. The molecule has 7 heteroatoms. The lowest BCUT2D eigenvalue weighted by molar-refractivity contribution is 0.243. The minimum atomic E-state index is -0.0261. The average molecular weight is 444 g/mol. The highest BCUT2D eigenvalue weighted by atomic mass is 16.5. The Kier molecular flexibility index (Phi) is 6.07. The molecule has 5 rings (SSSR count). The van der Waals surface area contributed by atoms with E-state index in [1.807, 2.05) is 42.8 Å². The monoisotopic (exact) mass is 443 g/mol. The fraction of sp³-hybridized carbons (Fsp3) is 0.346. The van der Waals surface area contributed by atoms with Crippen LogP contribution in [0.25, 0.3) is 16.9 Å². The Labute approximate surface area is 193 Å². The van der Waals surface area contributed by atoms with Gasteiger partial charge in [0.25, 0.3) is 0 Å². The van der Waals surface area contributed by atoms with Gasteiger partial charge in [-0.05, 0) is 75.2 Å². The fourth-order valence-corrected chi connectivity index (χ4v) is 4.72. The van der Waals surface area contributed by atoms with E-state index in [4.69, 9.17) is 14.8 Å². The fourth-order valence-electron chi connectivity index (χ4n) is 4.72. The summed E-state index contributed by atoms with van der Waals surface area (Å²) in [6, 6.07) is 16.4. The van der Waals surface area contributed by atoms with E-state index < -0.39 is 0 Å². The molecule has 1 aliphatic heterocycles. The average Bonchev–Trinajstić information content (AvgIpc) is 3.44. The molecule has 0 unspecified atom stereocenters. The summed E-state index contributed by atoms with van der Waals surface area (Å²) in [5.41, 5.74) is 4.86. The van der Waals surface area contributed by atoms with Crippen LogP contribution in [-0.4, -0.2) is 42.9 Å². The Bertz CT molecular complexity index is 1250. The third-order valence-corrected chi connectivity index (χ3v) is 6.29. The molecule has 1 atom stereocenters. The second kappa shape index (κ2) is 9.29. The summed E-state index contributed by atoms with van der Waals surface area (Å²) < 4.78 is 7.48. The number of aryl methyl sites for hydroxylation is 1. The van der Waals surface area contributed by atoms with Gasteiger partial charge in [0, 0.05) is 23.7 Å². The predicted octanol–water partition coefficient (Wildman–Crippen LogP) is 4.35. The summed E-state index contributed by atoms with van der Waals surface area (Å²) in [5.74, 6) is 1.53. The lowest BCUT2D eigenvalue weighted by Gasteiger charge is -2.24. The van der Waals surface area contributed by atoms with Crippen molar-refractivity contribution in [3.8, 4) is 11.6 Å². The van der Waals surface area contributed by atoms with Crippen molar-refractivity contribution in [2.24, 2.45) is 0 Å². The second-order valence-corrected chi connectivity index (χ2v) is 8.45. The van der Waals surface area contributed by atoms with E-state index in [1.54, 1.807) is 6.20 Å². The summed E-state index contributed by atoms with van der Waals surface area (Å²) in [7, 11) is 0. The molecule has 0 radical (unpaired) electrons. The minimum absolute atomic E-state index is 0.0261. The Balaban J connectivity index is 1.45. The van der Waals surface area contributed by atoms with Gasteiger partial charge in [0.15, 0.2) is 11.5 Å². The largest absolute Gasteiger partial charge is 0.494 e. The molecule has 1 N–H and O–H groups in total. The number of pyridine rings is 2. The summed E-state index contributed by atoms with van der Waals surface area (Å²) in [6.07, 6.45) is 3.98. The summed E-state index contributed by atoms with van der Waals surface area (Å²) in [5, 5.41) is 15.5. The molecule has 1 aromatic carbocycles. The van der Waals surface area contributed by atoms with Gasteiger partial charge in [-0.25, -0.2) is 9.97 Å². The van der Waals surface area contributed by atoms with Crippen molar-refractivity contribution in [2.75, 3.05) is 13.2 Å². The van der Waals surface area contributed by atoms with Crippen LogP contribution in [0.3, 0.4) is 0 Å². The van der Waals surface area contributed by atoms with Crippen LogP contribution >= 0.6 is 0 Å². The molecule has 1 aliphatic rings. The van der Waals surface area contributed by atoms with E-state index in [0.717, 1.165) is 65.5 Å². The smallest absolute Gasteiger partial charge is 0.165 e. The molecule has 0 saturated carbocycles. The second-order valence-electron chi connectivity index (χ2n) is 8.45. The first-order valence-electron chi connectivity index (χ1n) is 11.5. The van der Waals surface area contributed by atoms with Crippen molar-refractivity contribution in [2.45, 2.75) is 45.9 Å². The number of hydrogen-bond donors (Lipinski definition) is 1. The number of nitrogens with zero attached hydrogens (tertiary/aromatic N) is 5. The maximum atomic E-state index is 9.77. The molecule has 33 heavy (non-hydrogen) atoms. The van der Waals surface area contributed by atoms with Crippen molar-refractivity contribution in [3.05, 3.63) is 77.2 Å². The van der Waals surface area contributed by atoms with E-state index in [2.05, 4.69) is 34.1 Å². The van der Waals surface area contributed by atoms with Gasteiger partial charge in [0.05, 0.1) is 30.6 Å². The lowest BCUT2D eigenvalue weighted by atomic mass is 10.1. The van der Waals surface area contributed by atoms with E-state index in [1.165, 1.54) is 5.56 Å². The Morgan fingerprint density at radius 3 is 2.85 bits per heavy atom. The molecule has 0 amide bonds. The van der Waals surface area contributed by atoms with E-state index in [9.17, 15) is 5.11 Å². The molecule has 170 valence electrons. The maximum absolute atomic E-state index is 9.77. The molecule has 0 aliphatic carbocycles. The van der Waals surface area contributed by atoms with Gasteiger partial charge < -0.3 is 9.84 Å². The van der Waals surface area contributed by atoms with Crippen LogP contribution in [0.5, 0.6) is 5.75 Å². The number of hydrogen-bond acceptors (Lipinski definition) is 6. The van der Waals surface area contributed by atoms with Crippen LogP contribution in [-0.2, 0) is 13.2 Å².